The van der Waals surface area contributed by atoms with Gasteiger partial charge in [0, 0.05) is 24.2 Å². The van der Waals surface area contributed by atoms with Gasteiger partial charge in [-0.3, -0.25) is 19.7 Å². The first-order chi connectivity index (χ1) is 13.3. The van der Waals surface area contributed by atoms with Gasteiger partial charge < -0.3 is 10.6 Å². The van der Waals surface area contributed by atoms with Crippen LogP contribution in [0.15, 0.2) is 48.5 Å². The number of carbonyl (C=O) groups excluding carboxylic acids is 2. The summed E-state index contributed by atoms with van der Waals surface area (Å²) in [6, 6.07) is 10.2. The number of nitro benzene ring substituents is 1. The molecule has 28 heavy (non-hydrogen) atoms. The molecule has 2 N–H and O–H groups in total. The molecule has 0 radical (unpaired) electrons. The number of amides is 2. The lowest BCUT2D eigenvalue weighted by molar-refractivity contribution is -0.384. The fourth-order valence-corrected chi connectivity index (χ4v) is 2.56. The van der Waals surface area contributed by atoms with E-state index in [9.17, 15) is 24.1 Å². The van der Waals surface area contributed by atoms with E-state index in [2.05, 4.69) is 10.6 Å². The molecule has 0 aliphatic rings. The molecule has 0 unspecified atom stereocenters. The molecule has 2 rings (SSSR count). The van der Waals surface area contributed by atoms with E-state index in [1.165, 1.54) is 36.4 Å². The molecule has 0 aliphatic carbocycles. The van der Waals surface area contributed by atoms with Crippen LogP contribution in [-0.4, -0.2) is 22.8 Å². The molecular weight excluding hydrogens is 365 g/mol. The summed E-state index contributed by atoms with van der Waals surface area (Å²) in [6.07, 6.45) is 0.662. The summed E-state index contributed by atoms with van der Waals surface area (Å²) in [5, 5.41) is 16.2. The van der Waals surface area contributed by atoms with Crippen molar-refractivity contribution in [1.82, 2.24) is 10.6 Å². The fourth-order valence-electron chi connectivity index (χ4n) is 2.56. The Morgan fingerprint density at radius 2 is 1.71 bits per heavy atom. The van der Waals surface area contributed by atoms with Gasteiger partial charge in [0.05, 0.1) is 4.92 Å². The van der Waals surface area contributed by atoms with Crippen LogP contribution in [0.2, 0.25) is 0 Å². The lowest BCUT2D eigenvalue weighted by Crippen LogP contribution is -2.50. The number of hydrogen-bond acceptors (Lipinski definition) is 4. The summed E-state index contributed by atoms with van der Waals surface area (Å²) in [6.45, 7) is 3.96. The maximum Gasteiger partial charge on any atom is 0.269 e. The number of carbonyl (C=O) groups is 2. The average Bonchev–Trinajstić information content (AvgIpc) is 2.70. The molecule has 2 amide bonds. The predicted molar refractivity (Wildman–Crippen MR) is 102 cm³/mol. The number of non-ortho nitro benzene ring substituents is 1. The maximum atomic E-state index is 13.0. The first kappa shape index (κ1) is 21.0. The fraction of sp³-hybridized carbons (Fsp3) is 0.300. The third kappa shape index (κ3) is 5.60. The highest BCUT2D eigenvalue weighted by Gasteiger charge is 2.26. The summed E-state index contributed by atoms with van der Waals surface area (Å²) in [7, 11) is 0. The largest absolute Gasteiger partial charge is 0.350 e. The Balaban J connectivity index is 2.05. The predicted octanol–water partition coefficient (Wildman–Crippen LogP) is 3.19. The second-order valence-corrected chi connectivity index (χ2v) is 6.48. The molecule has 0 heterocycles. The first-order valence-corrected chi connectivity index (χ1v) is 8.89. The van der Waals surface area contributed by atoms with E-state index in [1.807, 2.05) is 13.8 Å². The van der Waals surface area contributed by atoms with Gasteiger partial charge in [-0.2, -0.15) is 0 Å². The number of halogens is 1. The van der Waals surface area contributed by atoms with Crippen molar-refractivity contribution in [2.75, 3.05) is 0 Å². The van der Waals surface area contributed by atoms with Crippen LogP contribution >= 0.6 is 0 Å². The molecule has 2 aromatic rings. The Bertz CT molecular complexity index is 838. The third-order valence-electron chi connectivity index (χ3n) is 4.50. The molecule has 0 spiro atoms. The van der Waals surface area contributed by atoms with Crippen LogP contribution in [0.1, 0.15) is 36.2 Å². The van der Waals surface area contributed by atoms with Gasteiger partial charge in [0.15, 0.2) is 0 Å². The molecule has 0 aromatic heterocycles. The van der Waals surface area contributed by atoms with Gasteiger partial charge in [0.1, 0.15) is 11.9 Å². The summed E-state index contributed by atoms with van der Waals surface area (Å²) >= 11 is 0. The Labute approximate surface area is 162 Å². The number of nitrogens with zero attached hydrogens (tertiary/aromatic N) is 1. The molecule has 0 aliphatic heterocycles. The van der Waals surface area contributed by atoms with Gasteiger partial charge in [-0.1, -0.05) is 32.4 Å². The molecule has 7 nitrogen and oxygen atoms in total. The van der Waals surface area contributed by atoms with Crippen LogP contribution in [0, 0.1) is 21.8 Å². The van der Waals surface area contributed by atoms with E-state index >= 15 is 0 Å². The number of hydrogen-bond donors (Lipinski definition) is 2. The molecule has 0 saturated heterocycles. The number of benzene rings is 2. The van der Waals surface area contributed by atoms with Crippen molar-refractivity contribution in [2.24, 2.45) is 5.92 Å². The zero-order chi connectivity index (χ0) is 20.7. The Morgan fingerprint density at radius 1 is 1.11 bits per heavy atom. The Kier molecular flexibility index (Phi) is 7.20. The zero-order valence-corrected chi connectivity index (χ0v) is 15.6. The highest BCUT2D eigenvalue weighted by Crippen LogP contribution is 2.14. The normalized spacial score (nSPS) is 12.7. The van der Waals surface area contributed by atoms with Crippen LogP contribution in [0.25, 0.3) is 0 Å². The summed E-state index contributed by atoms with van der Waals surface area (Å²) in [4.78, 5) is 35.2. The van der Waals surface area contributed by atoms with Crippen molar-refractivity contribution in [1.29, 1.82) is 0 Å². The molecule has 0 bridgehead atoms. The van der Waals surface area contributed by atoms with Crippen LogP contribution in [-0.2, 0) is 11.3 Å². The topological polar surface area (TPSA) is 101 Å². The highest BCUT2D eigenvalue weighted by molar-refractivity contribution is 5.97. The van der Waals surface area contributed by atoms with Gasteiger partial charge in [-0.25, -0.2) is 4.39 Å². The van der Waals surface area contributed by atoms with E-state index in [1.54, 1.807) is 12.1 Å². The molecule has 148 valence electrons. The minimum atomic E-state index is -0.770. The van der Waals surface area contributed by atoms with Crippen molar-refractivity contribution in [2.45, 2.75) is 32.9 Å². The molecular formula is C20H22FN3O4. The first-order valence-electron chi connectivity index (χ1n) is 8.89. The Morgan fingerprint density at radius 3 is 2.25 bits per heavy atom. The highest BCUT2D eigenvalue weighted by atomic mass is 19.1. The second kappa shape index (κ2) is 9.59. The molecule has 2 aromatic carbocycles. The van der Waals surface area contributed by atoms with Crippen LogP contribution in [0.3, 0.4) is 0 Å². The van der Waals surface area contributed by atoms with Gasteiger partial charge in [-0.05, 0) is 35.7 Å². The number of rotatable bonds is 8. The second-order valence-electron chi connectivity index (χ2n) is 6.48. The monoisotopic (exact) mass is 387 g/mol. The van der Waals surface area contributed by atoms with Gasteiger partial charge in [0.2, 0.25) is 5.91 Å². The lowest BCUT2D eigenvalue weighted by Gasteiger charge is -2.23. The van der Waals surface area contributed by atoms with Crippen LogP contribution in [0.4, 0.5) is 10.1 Å². The van der Waals surface area contributed by atoms with E-state index in [-0.39, 0.29) is 35.4 Å². The van der Waals surface area contributed by atoms with E-state index < -0.39 is 16.9 Å². The van der Waals surface area contributed by atoms with Gasteiger partial charge in [-0.15, -0.1) is 0 Å². The number of nitro groups is 1. The van der Waals surface area contributed by atoms with Gasteiger partial charge >= 0.3 is 0 Å². The quantitative estimate of drug-likeness (QED) is 0.536. The van der Waals surface area contributed by atoms with Crippen molar-refractivity contribution < 1.29 is 18.9 Å². The third-order valence-corrected chi connectivity index (χ3v) is 4.50. The summed E-state index contributed by atoms with van der Waals surface area (Å²) < 4.78 is 13.0. The van der Waals surface area contributed by atoms with Gasteiger partial charge in [0.25, 0.3) is 11.6 Å². The van der Waals surface area contributed by atoms with Crippen LogP contribution in [0.5, 0.6) is 0 Å². The minimum absolute atomic E-state index is 0.118. The van der Waals surface area contributed by atoms with Crippen molar-refractivity contribution in [3.8, 4) is 0 Å². The standard InChI is InChI=1S/C20H22FN3O4/c1-3-13(2)18(20(26)22-12-14-4-8-16(21)9-5-14)23-19(25)15-6-10-17(11-7-15)24(27)28/h4-11,13,18H,3,12H2,1-2H3,(H,22,26)(H,23,25)/t13-,18-/m0/s1. The molecule has 8 heteroatoms. The number of nitrogens with one attached hydrogen (secondary N) is 2. The molecule has 0 fully saturated rings. The van der Waals surface area contributed by atoms with Crippen molar-refractivity contribution in [3.63, 3.8) is 0 Å². The van der Waals surface area contributed by atoms with E-state index in [4.69, 9.17) is 0 Å². The molecule has 0 saturated carbocycles. The smallest absolute Gasteiger partial charge is 0.269 e. The average molecular weight is 387 g/mol. The van der Waals surface area contributed by atoms with E-state index in [0.29, 0.717) is 6.42 Å². The summed E-state index contributed by atoms with van der Waals surface area (Å²) in [5.41, 5.74) is 0.844. The molecule has 2 atom stereocenters. The summed E-state index contributed by atoms with van der Waals surface area (Å²) in [5.74, 6) is -1.33. The van der Waals surface area contributed by atoms with Crippen molar-refractivity contribution in [3.05, 3.63) is 75.6 Å². The SMILES string of the molecule is CC[C@H](C)[C@H](NC(=O)c1ccc([N+](=O)[O-])cc1)C(=O)NCc1ccc(F)cc1. The zero-order valence-electron chi connectivity index (χ0n) is 15.6. The van der Waals surface area contributed by atoms with E-state index in [0.717, 1.165) is 5.56 Å². The lowest BCUT2D eigenvalue weighted by atomic mass is 9.97. The minimum Gasteiger partial charge on any atom is -0.350 e. The van der Waals surface area contributed by atoms with Crippen LogP contribution < -0.4 is 10.6 Å². The maximum absolute atomic E-state index is 13.0. The Hall–Kier alpha value is -3.29. The van der Waals surface area contributed by atoms with Crippen molar-refractivity contribution >= 4 is 17.5 Å².